The normalized spacial score (nSPS) is 13.7. The molecule has 0 atom stereocenters. The molecule has 4 nitrogen and oxygen atoms in total. The topological polar surface area (TPSA) is 35.1 Å². The number of hydrogen-bond donors (Lipinski definition) is 0. The van der Waals surface area contributed by atoms with Crippen molar-refractivity contribution in [3.05, 3.63) is 206 Å². The number of fused-ring (bicyclic) bond motifs is 12. The van der Waals surface area contributed by atoms with Crippen LogP contribution >= 0.6 is 11.8 Å². The van der Waals surface area contributed by atoms with Gasteiger partial charge in [-0.2, -0.15) is 0 Å². The molecule has 11 aromatic rings. The van der Waals surface area contributed by atoms with E-state index < -0.39 is 8.07 Å². The standard InChI is InChI=1S/C53H38N4SSi/c1-53(2)42-23-11-14-26-46(42)58-51-47(34-45-49(50(51)53)40-22-10-13-25-44(40)57(45)48-27-15-16-30-54-48)59(35-17-5-3-6-18-35,36-19-7-4-8-20-36)37-28-29-38-39-21-9-12-24-43(39)56-32-31-55-52(56)41(38)33-37/h3-34H,1-2H3. The number of nitrogens with zero attached hydrogens (tertiary/aromatic N) is 4. The highest BCUT2D eigenvalue weighted by molar-refractivity contribution is 7.99. The van der Waals surface area contributed by atoms with Crippen LogP contribution in [0, 0.1) is 0 Å². The Kier molecular flexibility index (Phi) is 7.50. The zero-order valence-electron chi connectivity index (χ0n) is 32.7. The zero-order valence-corrected chi connectivity index (χ0v) is 34.5. The van der Waals surface area contributed by atoms with Crippen LogP contribution in [-0.2, 0) is 5.41 Å². The van der Waals surface area contributed by atoms with Gasteiger partial charge in [0, 0.05) is 55.3 Å². The lowest BCUT2D eigenvalue weighted by Crippen LogP contribution is -2.75. The van der Waals surface area contributed by atoms with E-state index in [1.165, 1.54) is 68.7 Å². The first-order valence-electron chi connectivity index (χ1n) is 20.2. The first-order chi connectivity index (χ1) is 29.0. The van der Waals surface area contributed by atoms with E-state index in [9.17, 15) is 0 Å². The van der Waals surface area contributed by atoms with E-state index in [0.717, 1.165) is 27.9 Å². The highest BCUT2D eigenvalue weighted by Crippen LogP contribution is 2.53. The molecule has 59 heavy (non-hydrogen) atoms. The van der Waals surface area contributed by atoms with Crippen LogP contribution in [0.25, 0.3) is 54.9 Å². The van der Waals surface area contributed by atoms with Gasteiger partial charge in [0.2, 0.25) is 0 Å². The molecule has 0 bridgehead atoms. The molecule has 0 radical (unpaired) electrons. The summed E-state index contributed by atoms with van der Waals surface area (Å²) in [6, 6.07) is 65.5. The van der Waals surface area contributed by atoms with Crippen molar-refractivity contribution in [2.45, 2.75) is 29.1 Å². The van der Waals surface area contributed by atoms with Gasteiger partial charge in [-0.25, -0.2) is 9.97 Å². The van der Waals surface area contributed by atoms with Gasteiger partial charge in [-0.3, -0.25) is 8.97 Å². The lowest BCUT2D eigenvalue weighted by atomic mass is 9.76. The fourth-order valence-electron chi connectivity index (χ4n) is 10.3. The zero-order chi connectivity index (χ0) is 39.3. The minimum absolute atomic E-state index is 0.317. The molecule has 0 saturated heterocycles. The number of aromatic nitrogens is 4. The Morgan fingerprint density at radius 2 is 1.20 bits per heavy atom. The van der Waals surface area contributed by atoms with Gasteiger partial charge >= 0.3 is 0 Å². The summed E-state index contributed by atoms with van der Waals surface area (Å²) in [6.45, 7) is 4.87. The quantitative estimate of drug-likeness (QED) is 0.0990. The first-order valence-corrected chi connectivity index (χ1v) is 23.1. The Balaban J connectivity index is 1.32. The van der Waals surface area contributed by atoms with Crippen molar-refractivity contribution < 1.29 is 0 Å². The van der Waals surface area contributed by atoms with Crippen molar-refractivity contribution in [2.75, 3.05) is 0 Å². The van der Waals surface area contributed by atoms with Gasteiger partial charge in [-0.15, -0.1) is 0 Å². The molecule has 0 saturated carbocycles. The van der Waals surface area contributed by atoms with Gasteiger partial charge < -0.3 is 0 Å². The summed E-state index contributed by atoms with van der Waals surface area (Å²) < 4.78 is 4.66. The van der Waals surface area contributed by atoms with E-state index in [1.54, 1.807) is 0 Å². The summed E-state index contributed by atoms with van der Waals surface area (Å²) in [7, 11) is -3.20. The Morgan fingerprint density at radius 3 is 1.97 bits per heavy atom. The first kappa shape index (κ1) is 34.3. The smallest absolute Gasteiger partial charge is 0.180 e. The van der Waals surface area contributed by atoms with Crippen LogP contribution in [0.2, 0.25) is 0 Å². The summed E-state index contributed by atoms with van der Waals surface area (Å²) in [5.74, 6) is 0.914. The molecule has 4 aromatic heterocycles. The van der Waals surface area contributed by atoms with Gasteiger partial charge in [0.25, 0.3) is 0 Å². The lowest BCUT2D eigenvalue weighted by molar-refractivity contribution is 0.615. The average molecular weight is 791 g/mol. The Bertz CT molecular complexity index is 3410. The Hall–Kier alpha value is -6.73. The number of benzene rings is 7. The molecule has 6 heteroatoms. The molecule has 0 amide bonds. The van der Waals surface area contributed by atoms with Crippen LogP contribution in [0.5, 0.6) is 0 Å². The number of para-hydroxylation sites is 2. The van der Waals surface area contributed by atoms with Crippen LogP contribution in [-0.4, -0.2) is 27.0 Å². The van der Waals surface area contributed by atoms with Gasteiger partial charge in [-0.1, -0.05) is 165 Å². The summed E-state index contributed by atoms with van der Waals surface area (Å²) in [4.78, 5) is 12.7. The van der Waals surface area contributed by atoms with Crippen LogP contribution in [0.1, 0.15) is 25.0 Å². The Labute approximate surface area is 347 Å². The molecule has 0 unspecified atom stereocenters. The lowest BCUT2D eigenvalue weighted by Gasteiger charge is -2.41. The number of pyridine rings is 2. The van der Waals surface area contributed by atoms with E-state index in [1.807, 2.05) is 30.2 Å². The second-order valence-electron chi connectivity index (χ2n) is 16.2. The fraction of sp³-hybridized carbons (Fsp3) is 0.0566. The van der Waals surface area contributed by atoms with Crippen LogP contribution in [0.3, 0.4) is 0 Å². The maximum absolute atomic E-state index is 5.03. The summed E-state index contributed by atoms with van der Waals surface area (Å²) >= 11 is 1.95. The molecular weight excluding hydrogens is 753 g/mol. The molecule has 5 heterocycles. The number of hydrogen-bond acceptors (Lipinski definition) is 3. The second kappa shape index (κ2) is 12.9. The molecule has 0 fully saturated rings. The SMILES string of the molecule is CC1(C)c2ccccc2Sc2c([Si](c3ccccc3)(c3ccccc3)c3ccc4c5ccccc5n5ccnc5c4c3)cc3c(c21)c1ccccc1n3-c1ccccn1. The average Bonchev–Trinajstić information content (AvgIpc) is 3.92. The van der Waals surface area contributed by atoms with Crippen molar-refractivity contribution >= 4 is 89.7 Å². The predicted molar refractivity (Wildman–Crippen MR) is 249 cm³/mol. The maximum atomic E-state index is 5.03. The van der Waals surface area contributed by atoms with E-state index in [-0.39, 0.29) is 5.41 Å². The highest BCUT2D eigenvalue weighted by Gasteiger charge is 2.47. The van der Waals surface area contributed by atoms with Crippen LogP contribution < -0.4 is 20.7 Å². The second-order valence-corrected chi connectivity index (χ2v) is 21.0. The molecule has 0 aliphatic carbocycles. The van der Waals surface area contributed by atoms with Crippen LogP contribution in [0.4, 0.5) is 0 Å². The minimum Gasteiger partial charge on any atom is -0.299 e. The fourth-order valence-corrected chi connectivity index (χ4v) is 17.2. The van der Waals surface area contributed by atoms with Crippen molar-refractivity contribution in [1.29, 1.82) is 0 Å². The largest absolute Gasteiger partial charge is 0.299 e. The van der Waals surface area contributed by atoms with E-state index in [4.69, 9.17) is 9.97 Å². The molecule has 1 aliphatic rings. The summed E-state index contributed by atoms with van der Waals surface area (Å²) in [6.07, 6.45) is 5.94. The third-order valence-corrected chi connectivity index (χ3v) is 19.0. The Morgan fingerprint density at radius 1 is 0.525 bits per heavy atom. The van der Waals surface area contributed by atoms with Crippen molar-refractivity contribution in [3.8, 4) is 5.82 Å². The van der Waals surface area contributed by atoms with E-state index in [0.29, 0.717) is 0 Å². The van der Waals surface area contributed by atoms with Gasteiger partial charge in [0.15, 0.2) is 8.07 Å². The van der Waals surface area contributed by atoms with E-state index >= 15 is 0 Å². The number of rotatable bonds is 5. The molecule has 0 spiro atoms. The van der Waals surface area contributed by atoms with Gasteiger partial charge in [-0.05, 0) is 73.7 Å². The molecule has 280 valence electrons. The minimum atomic E-state index is -3.20. The van der Waals surface area contributed by atoms with E-state index in [2.05, 4.69) is 199 Å². The molecule has 0 N–H and O–H groups in total. The van der Waals surface area contributed by atoms with Gasteiger partial charge in [0.05, 0.1) is 16.6 Å². The molecule has 12 rings (SSSR count). The monoisotopic (exact) mass is 790 g/mol. The van der Waals surface area contributed by atoms with Crippen molar-refractivity contribution in [1.82, 2.24) is 18.9 Å². The molecule has 7 aromatic carbocycles. The molecule has 1 aliphatic heterocycles. The molecular formula is C53H38N4SSi. The highest BCUT2D eigenvalue weighted by atomic mass is 32.2. The van der Waals surface area contributed by atoms with Gasteiger partial charge in [0.1, 0.15) is 11.5 Å². The summed E-state index contributed by atoms with van der Waals surface area (Å²) in [5, 5.41) is 11.5. The number of imidazole rings is 1. The van der Waals surface area contributed by atoms with Crippen molar-refractivity contribution in [2.24, 2.45) is 0 Å². The maximum Gasteiger partial charge on any atom is 0.180 e. The van der Waals surface area contributed by atoms with Crippen molar-refractivity contribution in [3.63, 3.8) is 0 Å². The predicted octanol–water partition coefficient (Wildman–Crippen LogP) is 10.3. The third kappa shape index (κ3) is 4.78. The summed E-state index contributed by atoms with van der Waals surface area (Å²) in [5.41, 5.74) is 6.89. The third-order valence-electron chi connectivity index (χ3n) is 12.8. The van der Waals surface area contributed by atoms with Crippen LogP contribution in [0.15, 0.2) is 204 Å².